The van der Waals surface area contributed by atoms with Gasteiger partial charge in [0.15, 0.2) is 0 Å². The van der Waals surface area contributed by atoms with Crippen molar-refractivity contribution in [3.05, 3.63) is 11.1 Å². The zero-order valence-corrected chi connectivity index (χ0v) is 22.1. The molecule has 3 unspecified atom stereocenters. The predicted octanol–water partition coefficient (Wildman–Crippen LogP) is 8.35. The van der Waals surface area contributed by atoms with Crippen molar-refractivity contribution in [3.8, 4) is 0 Å². The van der Waals surface area contributed by atoms with Crippen LogP contribution in [-0.4, -0.2) is 12.1 Å². The molecule has 0 N–H and O–H groups in total. The second-order valence-corrected chi connectivity index (χ2v) is 13.2. The molecule has 8 atom stereocenters. The van der Waals surface area contributed by atoms with E-state index in [4.69, 9.17) is 4.74 Å². The average molecular weight is 443 g/mol. The fourth-order valence-corrected chi connectivity index (χ4v) is 9.30. The Morgan fingerprint density at radius 3 is 2.47 bits per heavy atom. The monoisotopic (exact) mass is 442 g/mol. The SMILES string of the molecule is CC(=O)O[C@H]1CC[C@]2(C)C3=C(CCC2[C@@H]1C)C1CCC([C@@H](C)CCCC(C)C)[C@@]1(C)CC3. The Morgan fingerprint density at radius 2 is 1.78 bits per heavy atom. The molecule has 0 radical (unpaired) electrons. The molecule has 4 aliphatic carbocycles. The maximum atomic E-state index is 11.6. The molecule has 0 aromatic carbocycles. The van der Waals surface area contributed by atoms with Gasteiger partial charge < -0.3 is 4.74 Å². The van der Waals surface area contributed by atoms with Crippen LogP contribution in [0.4, 0.5) is 0 Å². The van der Waals surface area contributed by atoms with Gasteiger partial charge in [-0.1, -0.05) is 72.0 Å². The summed E-state index contributed by atoms with van der Waals surface area (Å²) in [4.78, 5) is 11.6. The molecule has 182 valence electrons. The molecule has 2 fully saturated rings. The molecule has 0 bridgehead atoms. The molecule has 2 nitrogen and oxygen atoms in total. The summed E-state index contributed by atoms with van der Waals surface area (Å²) >= 11 is 0. The number of carbonyl (C=O) groups is 1. The van der Waals surface area contributed by atoms with E-state index in [2.05, 4.69) is 41.5 Å². The van der Waals surface area contributed by atoms with Crippen molar-refractivity contribution in [3.63, 3.8) is 0 Å². The van der Waals surface area contributed by atoms with Crippen molar-refractivity contribution in [2.75, 3.05) is 0 Å². The molecule has 4 rings (SSSR count). The van der Waals surface area contributed by atoms with Crippen LogP contribution >= 0.6 is 0 Å². The smallest absolute Gasteiger partial charge is 0.302 e. The van der Waals surface area contributed by atoms with Crippen LogP contribution in [0.2, 0.25) is 0 Å². The molecular weight excluding hydrogens is 392 g/mol. The van der Waals surface area contributed by atoms with E-state index in [-0.39, 0.29) is 12.1 Å². The Labute approximate surface area is 198 Å². The standard InChI is InChI=1S/C30H50O2/c1-19(2)9-8-10-20(3)24-13-14-26-23-11-12-25-21(4)28(32-22(5)31)16-18-30(25,7)27(23)15-17-29(24,26)6/h19-21,24-26,28H,8-18H2,1-7H3/t20-,21-,24?,25?,26?,28-,29+,30-/m0/s1. The largest absolute Gasteiger partial charge is 0.462 e. The second kappa shape index (κ2) is 9.10. The summed E-state index contributed by atoms with van der Waals surface area (Å²) in [6.45, 7) is 16.5. The number of rotatable bonds is 6. The Kier molecular flexibility index (Phi) is 6.92. The van der Waals surface area contributed by atoms with Crippen LogP contribution in [0.5, 0.6) is 0 Å². The molecule has 0 saturated heterocycles. The molecule has 0 aliphatic heterocycles. The van der Waals surface area contributed by atoms with Crippen molar-refractivity contribution in [2.45, 2.75) is 125 Å². The molecule has 0 spiro atoms. The van der Waals surface area contributed by atoms with E-state index in [1.165, 1.54) is 64.2 Å². The molecule has 0 amide bonds. The highest BCUT2D eigenvalue weighted by Gasteiger charge is 2.57. The fourth-order valence-electron chi connectivity index (χ4n) is 9.30. The van der Waals surface area contributed by atoms with Gasteiger partial charge in [0.05, 0.1) is 0 Å². The van der Waals surface area contributed by atoms with Crippen LogP contribution in [0.15, 0.2) is 11.1 Å². The van der Waals surface area contributed by atoms with Crippen molar-refractivity contribution in [1.29, 1.82) is 0 Å². The Morgan fingerprint density at radius 1 is 1.03 bits per heavy atom. The summed E-state index contributed by atoms with van der Waals surface area (Å²) in [7, 11) is 0. The summed E-state index contributed by atoms with van der Waals surface area (Å²) in [5.41, 5.74) is 4.62. The maximum Gasteiger partial charge on any atom is 0.302 e. The van der Waals surface area contributed by atoms with Gasteiger partial charge >= 0.3 is 5.97 Å². The van der Waals surface area contributed by atoms with Gasteiger partial charge in [-0.05, 0) is 97.7 Å². The average Bonchev–Trinajstić information content (AvgIpc) is 3.07. The Balaban J connectivity index is 1.52. The molecule has 2 heteroatoms. The van der Waals surface area contributed by atoms with E-state index in [1.807, 2.05) is 11.1 Å². The number of ether oxygens (including phenoxy) is 1. The lowest BCUT2D eigenvalue weighted by Crippen LogP contribution is -2.49. The third-order valence-electron chi connectivity index (χ3n) is 11.0. The summed E-state index contributed by atoms with van der Waals surface area (Å²) in [6.07, 6.45) is 14.8. The van der Waals surface area contributed by atoms with Crippen LogP contribution in [0.25, 0.3) is 0 Å². The topological polar surface area (TPSA) is 26.3 Å². The number of allylic oxidation sites excluding steroid dienone is 2. The third kappa shape index (κ3) is 4.11. The number of carbonyl (C=O) groups excluding carboxylic acids is 1. The highest BCUT2D eigenvalue weighted by Crippen LogP contribution is 2.66. The first-order valence-electron chi connectivity index (χ1n) is 14.0. The van der Waals surface area contributed by atoms with Gasteiger partial charge in [-0.25, -0.2) is 0 Å². The van der Waals surface area contributed by atoms with Gasteiger partial charge in [0, 0.05) is 6.92 Å². The van der Waals surface area contributed by atoms with Crippen LogP contribution in [0.1, 0.15) is 119 Å². The van der Waals surface area contributed by atoms with E-state index < -0.39 is 0 Å². The third-order valence-corrected chi connectivity index (χ3v) is 11.0. The van der Waals surface area contributed by atoms with E-state index in [0.717, 1.165) is 30.1 Å². The first kappa shape index (κ1) is 24.3. The number of fused-ring (bicyclic) bond motifs is 4. The molecular formula is C30H50O2. The van der Waals surface area contributed by atoms with Gasteiger partial charge in [-0.3, -0.25) is 4.79 Å². The van der Waals surface area contributed by atoms with Gasteiger partial charge in [0.1, 0.15) is 6.10 Å². The Bertz CT molecular complexity index is 735. The number of hydrogen-bond donors (Lipinski definition) is 0. The lowest BCUT2D eigenvalue weighted by molar-refractivity contribution is -0.155. The van der Waals surface area contributed by atoms with E-state index in [9.17, 15) is 4.79 Å². The van der Waals surface area contributed by atoms with Crippen molar-refractivity contribution < 1.29 is 9.53 Å². The second-order valence-electron chi connectivity index (χ2n) is 13.2. The van der Waals surface area contributed by atoms with Crippen LogP contribution in [0.3, 0.4) is 0 Å². The lowest BCUT2D eigenvalue weighted by atomic mass is 9.49. The van der Waals surface area contributed by atoms with Gasteiger partial charge in [-0.2, -0.15) is 0 Å². The fraction of sp³-hybridized carbons (Fsp3) is 0.900. The van der Waals surface area contributed by atoms with Crippen molar-refractivity contribution >= 4 is 5.97 Å². The molecule has 2 saturated carbocycles. The minimum absolute atomic E-state index is 0.103. The van der Waals surface area contributed by atoms with Crippen LogP contribution in [0, 0.1) is 46.3 Å². The molecule has 0 aromatic rings. The highest BCUT2D eigenvalue weighted by atomic mass is 16.5. The molecule has 0 heterocycles. The minimum atomic E-state index is -0.103. The summed E-state index contributed by atoms with van der Waals surface area (Å²) < 4.78 is 5.75. The lowest BCUT2D eigenvalue weighted by Gasteiger charge is -2.57. The number of hydrogen-bond acceptors (Lipinski definition) is 2. The van der Waals surface area contributed by atoms with Crippen molar-refractivity contribution in [1.82, 2.24) is 0 Å². The molecule has 32 heavy (non-hydrogen) atoms. The van der Waals surface area contributed by atoms with Gasteiger partial charge in [0.2, 0.25) is 0 Å². The summed E-state index contributed by atoms with van der Waals surface area (Å²) in [6, 6.07) is 0. The normalized spacial score (nSPS) is 42.3. The zero-order valence-electron chi connectivity index (χ0n) is 22.1. The van der Waals surface area contributed by atoms with Crippen molar-refractivity contribution in [2.24, 2.45) is 46.3 Å². The zero-order chi connectivity index (χ0) is 23.3. The van der Waals surface area contributed by atoms with E-state index >= 15 is 0 Å². The van der Waals surface area contributed by atoms with Gasteiger partial charge in [-0.15, -0.1) is 0 Å². The first-order valence-corrected chi connectivity index (χ1v) is 14.0. The molecule has 4 aliphatic rings. The minimum Gasteiger partial charge on any atom is -0.462 e. The van der Waals surface area contributed by atoms with Gasteiger partial charge in [0.25, 0.3) is 0 Å². The quantitative estimate of drug-likeness (QED) is 0.305. The maximum absolute atomic E-state index is 11.6. The Hall–Kier alpha value is -0.790. The predicted molar refractivity (Wildman–Crippen MR) is 133 cm³/mol. The highest BCUT2D eigenvalue weighted by molar-refractivity contribution is 5.66. The summed E-state index contributed by atoms with van der Waals surface area (Å²) in [5.74, 6) is 4.52. The first-order chi connectivity index (χ1) is 15.1. The van der Waals surface area contributed by atoms with E-state index in [1.54, 1.807) is 6.92 Å². The number of esters is 1. The van der Waals surface area contributed by atoms with Crippen LogP contribution < -0.4 is 0 Å². The van der Waals surface area contributed by atoms with Crippen LogP contribution in [-0.2, 0) is 9.53 Å². The summed E-state index contributed by atoms with van der Waals surface area (Å²) in [5, 5.41) is 0. The molecule has 0 aromatic heterocycles. The van der Waals surface area contributed by atoms with E-state index in [0.29, 0.717) is 22.7 Å².